The smallest absolute Gasteiger partial charge is 0.192 e. The normalized spacial score (nSPS) is 10.6. The van der Waals surface area contributed by atoms with E-state index in [0.29, 0.717) is 5.41 Å². The molecule has 0 aliphatic heterocycles. The van der Waals surface area contributed by atoms with E-state index in [1.165, 1.54) is 24.8 Å². The summed E-state index contributed by atoms with van der Waals surface area (Å²) >= 11 is 0. The van der Waals surface area contributed by atoms with Crippen LogP contribution in [-0.2, 0) is 0 Å². The summed E-state index contributed by atoms with van der Waals surface area (Å²) in [6.07, 6.45) is 6.09. The first-order chi connectivity index (χ1) is 6.64. The van der Waals surface area contributed by atoms with Crippen LogP contribution in [-0.4, -0.2) is 0 Å². The van der Waals surface area contributed by atoms with Gasteiger partial charge in [0.1, 0.15) is 0 Å². The SMILES string of the molecule is CCCC(C)(C)C[CH-]c1ccccc1.[Li+]. The topological polar surface area (TPSA) is 0 Å². The first-order valence-corrected chi connectivity index (χ1v) is 5.52. The van der Waals surface area contributed by atoms with Gasteiger partial charge in [-0.25, -0.2) is 0 Å². The second-order valence-corrected chi connectivity index (χ2v) is 4.73. The van der Waals surface area contributed by atoms with Crippen LogP contribution < -0.4 is 18.9 Å². The Morgan fingerprint density at radius 3 is 2.27 bits per heavy atom. The molecule has 0 spiro atoms. The summed E-state index contributed by atoms with van der Waals surface area (Å²) in [5.41, 5.74) is 1.79. The maximum atomic E-state index is 2.34. The third kappa shape index (κ3) is 5.98. The Kier molecular flexibility index (Phi) is 6.90. The second-order valence-electron chi connectivity index (χ2n) is 4.73. The molecule has 0 bridgehead atoms. The minimum atomic E-state index is 0. The number of benzene rings is 1. The van der Waals surface area contributed by atoms with E-state index in [4.69, 9.17) is 0 Å². The quantitative estimate of drug-likeness (QED) is 0.494. The van der Waals surface area contributed by atoms with Gasteiger partial charge < -0.3 is 0 Å². The molecule has 0 N–H and O–H groups in total. The van der Waals surface area contributed by atoms with Gasteiger partial charge in [-0.3, -0.25) is 0 Å². The molecular weight excluding hydrogens is 175 g/mol. The van der Waals surface area contributed by atoms with Gasteiger partial charge >= 0.3 is 18.9 Å². The van der Waals surface area contributed by atoms with Gasteiger partial charge in [0.15, 0.2) is 0 Å². The van der Waals surface area contributed by atoms with Crippen LogP contribution >= 0.6 is 0 Å². The van der Waals surface area contributed by atoms with Crippen molar-refractivity contribution in [1.29, 1.82) is 0 Å². The van der Waals surface area contributed by atoms with Gasteiger partial charge in [0.2, 0.25) is 0 Å². The molecule has 15 heavy (non-hydrogen) atoms. The largest absolute Gasteiger partial charge is 1.00 e. The van der Waals surface area contributed by atoms with Gasteiger partial charge in [-0.15, -0.1) is 12.1 Å². The van der Waals surface area contributed by atoms with Crippen LogP contribution in [0.1, 0.15) is 45.6 Å². The van der Waals surface area contributed by atoms with Gasteiger partial charge in [0.25, 0.3) is 0 Å². The summed E-state index contributed by atoms with van der Waals surface area (Å²) < 4.78 is 0. The fraction of sp³-hybridized carbons (Fsp3) is 0.500. The molecule has 0 unspecified atom stereocenters. The first kappa shape index (κ1) is 14.7. The van der Waals surface area contributed by atoms with Crippen LogP contribution in [0.3, 0.4) is 0 Å². The van der Waals surface area contributed by atoms with Crippen LogP contribution in [0.4, 0.5) is 0 Å². The van der Waals surface area contributed by atoms with Crippen molar-refractivity contribution in [1.82, 2.24) is 0 Å². The number of rotatable bonds is 5. The summed E-state index contributed by atoms with van der Waals surface area (Å²) in [5, 5.41) is 0. The van der Waals surface area contributed by atoms with E-state index < -0.39 is 0 Å². The van der Waals surface area contributed by atoms with Crippen LogP contribution in [0.2, 0.25) is 0 Å². The van der Waals surface area contributed by atoms with Gasteiger partial charge in [0.05, 0.1) is 0 Å². The Morgan fingerprint density at radius 1 is 1.13 bits per heavy atom. The van der Waals surface area contributed by atoms with E-state index in [1.807, 2.05) is 0 Å². The Balaban J connectivity index is 0.00000196. The van der Waals surface area contributed by atoms with E-state index >= 15 is 0 Å². The molecule has 1 aromatic carbocycles. The van der Waals surface area contributed by atoms with Gasteiger partial charge in [-0.05, 0) is 11.8 Å². The third-order valence-electron chi connectivity index (χ3n) is 2.62. The zero-order chi connectivity index (χ0) is 10.4. The summed E-state index contributed by atoms with van der Waals surface area (Å²) in [4.78, 5) is 0. The fourth-order valence-electron chi connectivity index (χ4n) is 1.76. The molecule has 1 aromatic rings. The molecule has 0 aliphatic carbocycles. The van der Waals surface area contributed by atoms with E-state index in [1.54, 1.807) is 0 Å². The summed E-state index contributed by atoms with van der Waals surface area (Å²) in [6, 6.07) is 10.6. The van der Waals surface area contributed by atoms with Crippen LogP contribution in [0.15, 0.2) is 30.3 Å². The van der Waals surface area contributed by atoms with E-state index in [9.17, 15) is 0 Å². The molecule has 0 heterocycles. The Hall–Kier alpha value is -0.313. The molecular formula is C14H21Li. The van der Waals surface area contributed by atoms with E-state index in [-0.39, 0.29) is 18.9 Å². The Morgan fingerprint density at radius 2 is 1.73 bits per heavy atom. The van der Waals surface area contributed by atoms with Crippen molar-refractivity contribution in [2.75, 3.05) is 0 Å². The van der Waals surface area contributed by atoms with Crippen molar-refractivity contribution >= 4 is 0 Å². The maximum Gasteiger partial charge on any atom is 1.00 e. The molecule has 0 radical (unpaired) electrons. The molecule has 78 valence electrons. The molecule has 0 nitrogen and oxygen atoms in total. The molecule has 0 amide bonds. The molecule has 0 atom stereocenters. The van der Waals surface area contributed by atoms with Crippen molar-refractivity contribution in [3.8, 4) is 0 Å². The number of hydrogen-bond acceptors (Lipinski definition) is 0. The Bertz CT molecular complexity index is 251. The van der Waals surface area contributed by atoms with Crippen molar-refractivity contribution in [2.45, 2.75) is 40.0 Å². The fourth-order valence-corrected chi connectivity index (χ4v) is 1.76. The van der Waals surface area contributed by atoms with Crippen LogP contribution in [0.25, 0.3) is 0 Å². The van der Waals surface area contributed by atoms with Crippen LogP contribution in [0.5, 0.6) is 0 Å². The maximum absolute atomic E-state index is 2.34. The summed E-state index contributed by atoms with van der Waals surface area (Å²) in [5.74, 6) is 0. The van der Waals surface area contributed by atoms with E-state index in [2.05, 4.69) is 57.5 Å². The predicted octanol–water partition coefficient (Wildman–Crippen LogP) is 1.46. The third-order valence-corrected chi connectivity index (χ3v) is 2.62. The monoisotopic (exact) mass is 196 g/mol. The second kappa shape index (κ2) is 7.04. The van der Waals surface area contributed by atoms with Gasteiger partial charge in [-0.2, -0.15) is 24.1 Å². The Labute approximate surface area is 107 Å². The molecule has 1 rings (SSSR count). The minimum Gasteiger partial charge on any atom is -0.192 e. The predicted molar refractivity (Wildman–Crippen MR) is 63.2 cm³/mol. The average molecular weight is 196 g/mol. The van der Waals surface area contributed by atoms with Gasteiger partial charge in [0, 0.05) is 0 Å². The molecule has 0 fully saturated rings. The number of hydrogen-bond donors (Lipinski definition) is 0. The molecule has 1 heteroatoms. The standard InChI is InChI=1S/C14H21.Li/c1-4-11-14(2,3)12-10-13-8-6-5-7-9-13;/h5-10H,4,11-12H2,1-3H3;/q-1;+1. The summed E-state index contributed by atoms with van der Waals surface area (Å²) in [7, 11) is 0. The zero-order valence-corrected chi connectivity index (χ0v) is 10.6. The molecule has 0 aliphatic rings. The van der Waals surface area contributed by atoms with Crippen molar-refractivity contribution < 1.29 is 18.9 Å². The van der Waals surface area contributed by atoms with Gasteiger partial charge in [-0.1, -0.05) is 39.7 Å². The molecule has 0 saturated carbocycles. The van der Waals surface area contributed by atoms with E-state index in [0.717, 1.165) is 0 Å². The minimum absolute atomic E-state index is 0. The average Bonchev–Trinajstić information content (AvgIpc) is 2.17. The zero-order valence-electron chi connectivity index (χ0n) is 10.6. The summed E-state index contributed by atoms with van der Waals surface area (Å²) in [6.45, 7) is 6.94. The van der Waals surface area contributed by atoms with Crippen LogP contribution in [0, 0.1) is 11.8 Å². The van der Waals surface area contributed by atoms with Crippen molar-refractivity contribution in [3.63, 3.8) is 0 Å². The first-order valence-electron chi connectivity index (χ1n) is 5.52. The molecule has 0 aromatic heterocycles. The molecule has 0 saturated heterocycles. The van der Waals surface area contributed by atoms with Crippen molar-refractivity contribution in [3.05, 3.63) is 42.3 Å². The van der Waals surface area contributed by atoms with Crippen molar-refractivity contribution in [2.24, 2.45) is 5.41 Å².